The van der Waals surface area contributed by atoms with Crippen molar-refractivity contribution in [3.05, 3.63) is 38.3 Å². The molecule has 1 aliphatic heterocycles. The van der Waals surface area contributed by atoms with Gasteiger partial charge >= 0.3 is 0 Å². The SMILES string of the molecule is CN1CC(=O)N(Cc2ccc(Br)c([N+](=O)[O-])c2)CC1=O. The van der Waals surface area contributed by atoms with Crippen LogP contribution in [0.2, 0.25) is 0 Å². The van der Waals surface area contributed by atoms with Gasteiger partial charge in [0.15, 0.2) is 0 Å². The van der Waals surface area contributed by atoms with E-state index in [2.05, 4.69) is 15.9 Å². The van der Waals surface area contributed by atoms with Crippen LogP contribution in [0.1, 0.15) is 5.56 Å². The monoisotopic (exact) mass is 341 g/mol. The molecule has 0 saturated carbocycles. The summed E-state index contributed by atoms with van der Waals surface area (Å²) in [6.45, 7) is 0.225. The first-order valence-electron chi connectivity index (χ1n) is 5.83. The molecule has 8 heteroatoms. The second-order valence-electron chi connectivity index (χ2n) is 4.54. The van der Waals surface area contributed by atoms with E-state index in [9.17, 15) is 19.7 Å². The van der Waals surface area contributed by atoms with E-state index in [1.54, 1.807) is 19.2 Å². The lowest BCUT2D eigenvalue weighted by molar-refractivity contribution is -0.385. The van der Waals surface area contributed by atoms with Gasteiger partial charge in [0.05, 0.1) is 15.9 Å². The molecule has 0 N–H and O–H groups in total. The predicted molar refractivity (Wildman–Crippen MR) is 73.9 cm³/mol. The van der Waals surface area contributed by atoms with Crippen LogP contribution in [0, 0.1) is 10.1 Å². The third-order valence-corrected chi connectivity index (χ3v) is 3.73. The van der Waals surface area contributed by atoms with Crippen molar-refractivity contribution in [1.29, 1.82) is 0 Å². The van der Waals surface area contributed by atoms with Crippen molar-refractivity contribution in [2.45, 2.75) is 6.54 Å². The Morgan fingerprint density at radius 1 is 1.30 bits per heavy atom. The summed E-state index contributed by atoms with van der Waals surface area (Å²) in [5, 5.41) is 10.9. The number of nitrogens with zero attached hydrogens (tertiary/aromatic N) is 3. The third-order valence-electron chi connectivity index (χ3n) is 3.06. The number of nitro groups is 1. The van der Waals surface area contributed by atoms with E-state index < -0.39 is 4.92 Å². The second-order valence-corrected chi connectivity index (χ2v) is 5.40. The fourth-order valence-corrected chi connectivity index (χ4v) is 2.32. The molecule has 2 amide bonds. The van der Waals surface area contributed by atoms with Gasteiger partial charge in [0, 0.05) is 19.7 Å². The lowest BCUT2D eigenvalue weighted by atomic mass is 10.1. The van der Waals surface area contributed by atoms with Gasteiger partial charge in [-0.15, -0.1) is 0 Å². The van der Waals surface area contributed by atoms with Gasteiger partial charge in [-0.2, -0.15) is 0 Å². The third kappa shape index (κ3) is 2.96. The molecule has 0 aromatic heterocycles. The van der Waals surface area contributed by atoms with Crippen molar-refractivity contribution in [2.75, 3.05) is 20.1 Å². The van der Waals surface area contributed by atoms with Crippen LogP contribution in [-0.4, -0.2) is 46.7 Å². The first kappa shape index (κ1) is 14.4. The molecule has 7 nitrogen and oxygen atoms in total. The molecular weight excluding hydrogens is 330 g/mol. The van der Waals surface area contributed by atoms with Crippen molar-refractivity contribution in [2.24, 2.45) is 0 Å². The number of carbonyl (C=O) groups excluding carboxylic acids is 2. The molecule has 0 spiro atoms. The molecule has 1 fully saturated rings. The highest BCUT2D eigenvalue weighted by Gasteiger charge is 2.27. The predicted octanol–water partition coefficient (Wildman–Crippen LogP) is 1.16. The lowest BCUT2D eigenvalue weighted by Crippen LogP contribution is -2.51. The fraction of sp³-hybridized carbons (Fsp3) is 0.333. The van der Waals surface area contributed by atoms with Gasteiger partial charge in [-0.05, 0) is 27.6 Å². The summed E-state index contributed by atoms with van der Waals surface area (Å²) in [5.74, 6) is -0.311. The van der Waals surface area contributed by atoms with Crippen LogP contribution in [0.5, 0.6) is 0 Å². The molecule has 0 bridgehead atoms. The minimum absolute atomic E-state index is 0.000799. The van der Waals surface area contributed by atoms with Gasteiger partial charge in [0.25, 0.3) is 5.69 Å². The number of hydrogen-bond donors (Lipinski definition) is 0. The van der Waals surface area contributed by atoms with Gasteiger partial charge < -0.3 is 9.80 Å². The van der Waals surface area contributed by atoms with Crippen LogP contribution in [0.4, 0.5) is 5.69 Å². The molecule has 1 heterocycles. The van der Waals surface area contributed by atoms with Gasteiger partial charge in [0.2, 0.25) is 11.8 Å². The Hall–Kier alpha value is -1.96. The molecule has 20 heavy (non-hydrogen) atoms. The summed E-state index contributed by atoms with van der Waals surface area (Å²) in [6, 6.07) is 4.66. The molecule has 0 atom stereocenters. The molecule has 2 rings (SSSR count). The molecule has 106 valence electrons. The Morgan fingerprint density at radius 2 is 2.00 bits per heavy atom. The number of amides is 2. The largest absolute Gasteiger partial charge is 0.335 e. The number of likely N-dealkylation sites (N-methyl/N-ethyl adjacent to an activating group) is 1. The van der Waals surface area contributed by atoms with Crippen molar-refractivity contribution in [3.63, 3.8) is 0 Å². The van der Waals surface area contributed by atoms with E-state index in [1.807, 2.05) is 0 Å². The zero-order valence-electron chi connectivity index (χ0n) is 10.7. The van der Waals surface area contributed by atoms with Crippen molar-refractivity contribution >= 4 is 33.4 Å². The molecule has 0 unspecified atom stereocenters. The molecule has 1 aromatic rings. The highest BCUT2D eigenvalue weighted by Crippen LogP contribution is 2.26. The zero-order chi connectivity index (χ0) is 14.9. The summed E-state index contributed by atoms with van der Waals surface area (Å²) >= 11 is 3.10. The Kier molecular flexibility index (Phi) is 4.03. The average Bonchev–Trinajstić information content (AvgIpc) is 2.37. The number of piperazine rings is 1. The smallest absolute Gasteiger partial charge is 0.283 e. The average molecular weight is 342 g/mol. The fourth-order valence-electron chi connectivity index (χ4n) is 1.92. The topological polar surface area (TPSA) is 83.8 Å². The summed E-state index contributed by atoms with van der Waals surface area (Å²) in [4.78, 5) is 36.5. The van der Waals surface area contributed by atoms with E-state index in [-0.39, 0.29) is 37.1 Å². The number of hydrogen-bond acceptors (Lipinski definition) is 4. The van der Waals surface area contributed by atoms with Gasteiger partial charge in [-0.25, -0.2) is 0 Å². The standard InChI is InChI=1S/C12H12BrN3O4/c1-14-6-12(18)15(7-11(14)17)5-8-2-3-9(13)10(4-8)16(19)20/h2-4H,5-7H2,1H3. The Balaban J connectivity index is 2.18. The zero-order valence-corrected chi connectivity index (χ0v) is 12.3. The van der Waals surface area contributed by atoms with Crippen LogP contribution in [-0.2, 0) is 16.1 Å². The number of benzene rings is 1. The number of rotatable bonds is 3. The molecule has 0 radical (unpaired) electrons. The van der Waals surface area contributed by atoms with Crippen molar-refractivity contribution in [1.82, 2.24) is 9.80 Å². The molecule has 1 saturated heterocycles. The summed E-state index contributed by atoms with van der Waals surface area (Å²) < 4.78 is 0.382. The van der Waals surface area contributed by atoms with Crippen LogP contribution < -0.4 is 0 Å². The first-order chi connectivity index (χ1) is 9.38. The van der Waals surface area contributed by atoms with Gasteiger partial charge in [-0.1, -0.05) is 6.07 Å². The number of halogens is 1. The van der Waals surface area contributed by atoms with Crippen molar-refractivity contribution < 1.29 is 14.5 Å². The lowest BCUT2D eigenvalue weighted by Gasteiger charge is -2.31. The van der Waals surface area contributed by atoms with Crippen LogP contribution in [0.25, 0.3) is 0 Å². The van der Waals surface area contributed by atoms with E-state index in [0.717, 1.165) is 0 Å². The summed E-state index contributed by atoms with van der Waals surface area (Å²) in [7, 11) is 1.57. The Morgan fingerprint density at radius 3 is 2.65 bits per heavy atom. The van der Waals surface area contributed by atoms with Crippen LogP contribution >= 0.6 is 15.9 Å². The molecular formula is C12H12BrN3O4. The normalized spacial score (nSPS) is 15.7. The maximum Gasteiger partial charge on any atom is 0.283 e. The Labute approximate surface area is 123 Å². The first-order valence-corrected chi connectivity index (χ1v) is 6.62. The second kappa shape index (κ2) is 5.58. The number of carbonyl (C=O) groups is 2. The van der Waals surface area contributed by atoms with Gasteiger partial charge in [0.1, 0.15) is 6.54 Å². The van der Waals surface area contributed by atoms with Crippen LogP contribution in [0.3, 0.4) is 0 Å². The van der Waals surface area contributed by atoms with E-state index in [4.69, 9.17) is 0 Å². The summed E-state index contributed by atoms with van der Waals surface area (Å²) in [6.07, 6.45) is 0. The van der Waals surface area contributed by atoms with Crippen molar-refractivity contribution in [3.8, 4) is 0 Å². The minimum atomic E-state index is -0.495. The maximum absolute atomic E-state index is 11.8. The van der Waals surface area contributed by atoms with E-state index >= 15 is 0 Å². The number of nitro benzene ring substituents is 1. The quantitative estimate of drug-likeness (QED) is 0.610. The minimum Gasteiger partial charge on any atom is -0.335 e. The van der Waals surface area contributed by atoms with Crippen LogP contribution in [0.15, 0.2) is 22.7 Å². The summed E-state index contributed by atoms with van der Waals surface area (Å²) in [5.41, 5.74) is 0.556. The Bertz CT molecular complexity index is 590. The maximum atomic E-state index is 11.8. The molecule has 1 aliphatic rings. The highest BCUT2D eigenvalue weighted by molar-refractivity contribution is 9.10. The molecule has 0 aliphatic carbocycles. The highest BCUT2D eigenvalue weighted by atomic mass is 79.9. The van der Waals surface area contributed by atoms with E-state index in [0.29, 0.717) is 10.0 Å². The van der Waals surface area contributed by atoms with E-state index in [1.165, 1.54) is 15.9 Å². The molecule has 1 aromatic carbocycles. The van der Waals surface area contributed by atoms with Gasteiger partial charge in [-0.3, -0.25) is 19.7 Å².